The van der Waals surface area contributed by atoms with E-state index >= 15 is 0 Å². The Morgan fingerprint density at radius 1 is 1.12 bits per heavy atom. The number of rotatable bonds is 3. The molecule has 2 rings (SSSR count). The summed E-state index contributed by atoms with van der Waals surface area (Å²) in [6.45, 7) is 8.50. The summed E-state index contributed by atoms with van der Waals surface area (Å²) in [5.41, 5.74) is 3.61. The number of nitrogens with zero attached hydrogens (tertiary/aromatic N) is 2. The molecule has 0 unspecified atom stereocenters. The lowest BCUT2D eigenvalue weighted by atomic mass is 10.1. The number of aryl methyl sites for hydroxylation is 2. The normalized spacial score (nSPS) is 10.9. The number of imidazole rings is 1. The first-order valence-corrected chi connectivity index (χ1v) is 5.94. The first-order valence-electron chi connectivity index (χ1n) is 5.94. The topological polar surface area (TPSA) is 29.9 Å². The quantitative estimate of drug-likeness (QED) is 0.867. The fourth-order valence-electron chi connectivity index (χ4n) is 2.00. The highest BCUT2D eigenvalue weighted by atomic mass is 15.2. The van der Waals surface area contributed by atoms with Gasteiger partial charge in [0.25, 0.3) is 0 Å². The average Bonchev–Trinajstić information content (AvgIpc) is 2.63. The van der Waals surface area contributed by atoms with Crippen LogP contribution in [0.4, 0.5) is 11.6 Å². The summed E-state index contributed by atoms with van der Waals surface area (Å²) < 4.78 is 2.12. The largest absolute Gasteiger partial charge is 0.326 e. The van der Waals surface area contributed by atoms with Gasteiger partial charge in [0.2, 0.25) is 5.95 Å². The highest BCUT2D eigenvalue weighted by Crippen LogP contribution is 2.20. The highest BCUT2D eigenvalue weighted by Gasteiger charge is 2.06. The number of hydrogen-bond acceptors (Lipinski definition) is 2. The minimum absolute atomic E-state index is 0.408. The predicted octanol–water partition coefficient (Wildman–Crippen LogP) is 3.82. The van der Waals surface area contributed by atoms with Crippen molar-refractivity contribution in [3.8, 4) is 0 Å². The molecule has 0 saturated heterocycles. The van der Waals surface area contributed by atoms with Crippen molar-refractivity contribution in [2.24, 2.45) is 0 Å². The molecule has 17 heavy (non-hydrogen) atoms. The number of nitrogens with one attached hydrogen (secondary N) is 1. The number of aromatic nitrogens is 2. The third-order valence-corrected chi connectivity index (χ3v) is 2.70. The van der Waals surface area contributed by atoms with Gasteiger partial charge in [-0.15, -0.1) is 0 Å². The Morgan fingerprint density at radius 3 is 2.35 bits per heavy atom. The maximum atomic E-state index is 4.34. The third kappa shape index (κ3) is 2.67. The second kappa shape index (κ2) is 4.62. The molecule has 0 aliphatic carbocycles. The van der Waals surface area contributed by atoms with Crippen LogP contribution in [0.15, 0.2) is 30.6 Å². The Hall–Kier alpha value is -1.77. The Balaban J connectivity index is 2.28. The summed E-state index contributed by atoms with van der Waals surface area (Å²) in [5, 5.41) is 3.37. The lowest BCUT2D eigenvalue weighted by molar-refractivity contribution is 0.608. The predicted molar refractivity (Wildman–Crippen MR) is 71.8 cm³/mol. The van der Waals surface area contributed by atoms with Gasteiger partial charge in [-0.3, -0.25) is 0 Å². The lowest BCUT2D eigenvalue weighted by Crippen LogP contribution is -2.05. The molecule has 0 fully saturated rings. The summed E-state index contributed by atoms with van der Waals surface area (Å²) in [6.07, 6.45) is 3.82. The van der Waals surface area contributed by atoms with E-state index in [9.17, 15) is 0 Å². The molecule has 90 valence electrons. The maximum Gasteiger partial charge on any atom is 0.207 e. The van der Waals surface area contributed by atoms with Crippen LogP contribution < -0.4 is 5.32 Å². The van der Waals surface area contributed by atoms with Gasteiger partial charge in [-0.2, -0.15) is 0 Å². The van der Waals surface area contributed by atoms with Crippen molar-refractivity contribution < 1.29 is 0 Å². The molecule has 0 aliphatic heterocycles. The number of hydrogen-bond donors (Lipinski definition) is 1. The number of anilines is 2. The second-order valence-electron chi connectivity index (χ2n) is 4.75. The molecule has 0 aliphatic rings. The number of benzene rings is 1. The zero-order valence-electron chi connectivity index (χ0n) is 10.9. The van der Waals surface area contributed by atoms with E-state index in [0.29, 0.717) is 6.04 Å². The van der Waals surface area contributed by atoms with Crippen LogP contribution in [0, 0.1) is 13.8 Å². The summed E-state index contributed by atoms with van der Waals surface area (Å²) in [4.78, 5) is 4.34. The molecule has 0 spiro atoms. The van der Waals surface area contributed by atoms with E-state index in [0.717, 1.165) is 11.6 Å². The van der Waals surface area contributed by atoms with Crippen molar-refractivity contribution in [2.75, 3.05) is 5.32 Å². The van der Waals surface area contributed by atoms with Gasteiger partial charge in [0, 0.05) is 24.1 Å². The molecule has 1 aromatic carbocycles. The molecular formula is C14H19N3. The molecule has 2 aromatic rings. The maximum absolute atomic E-state index is 4.34. The Morgan fingerprint density at radius 2 is 1.76 bits per heavy atom. The van der Waals surface area contributed by atoms with E-state index in [2.05, 4.69) is 60.8 Å². The molecule has 0 atom stereocenters. The van der Waals surface area contributed by atoms with Gasteiger partial charge in [-0.25, -0.2) is 4.98 Å². The molecule has 0 saturated carbocycles. The zero-order valence-corrected chi connectivity index (χ0v) is 10.9. The van der Waals surface area contributed by atoms with E-state index in [1.54, 1.807) is 0 Å². The van der Waals surface area contributed by atoms with Crippen LogP contribution >= 0.6 is 0 Å². The van der Waals surface area contributed by atoms with Gasteiger partial charge in [0.15, 0.2) is 0 Å². The molecule has 0 bridgehead atoms. The monoisotopic (exact) mass is 229 g/mol. The van der Waals surface area contributed by atoms with Crippen LogP contribution in [0.2, 0.25) is 0 Å². The average molecular weight is 229 g/mol. The van der Waals surface area contributed by atoms with Crippen LogP contribution in [-0.2, 0) is 0 Å². The molecule has 0 amide bonds. The lowest BCUT2D eigenvalue weighted by Gasteiger charge is -2.13. The van der Waals surface area contributed by atoms with Gasteiger partial charge in [0.05, 0.1) is 0 Å². The van der Waals surface area contributed by atoms with Crippen LogP contribution in [0.5, 0.6) is 0 Å². The second-order valence-corrected chi connectivity index (χ2v) is 4.75. The third-order valence-electron chi connectivity index (χ3n) is 2.70. The van der Waals surface area contributed by atoms with Crippen LogP contribution in [0.1, 0.15) is 31.0 Å². The summed E-state index contributed by atoms with van der Waals surface area (Å²) in [6, 6.07) is 6.84. The van der Waals surface area contributed by atoms with Crippen LogP contribution in [0.25, 0.3) is 0 Å². The van der Waals surface area contributed by atoms with Gasteiger partial charge < -0.3 is 9.88 Å². The van der Waals surface area contributed by atoms with Crippen molar-refractivity contribution >= 4 is 11.6 Å². The van der Waals surface area contributed by atoms with E-state index in [-0.39, 0.29) is 0 Å². The smallest absolute Gasteiger partial charge is 0.207 e. The van der Waals surface area contributed by atoms with Crippen molar-refractivity contribution in [3.63, 3.8) is 0 Å². The standard InChI is InChI=1S/C14H19N3/c1-10(2)17-6-5-15-14(17)16-13-8-11(3)7-12(4)9-13/h5-10H,1-4H3,(H,15,16). The zero-order chi connectivity index (χ0) is 12.4. The first-order chi connectivity index (χ1) is 8.06. The van der Waals surface area contributed by atoms with Gasteiger partial charge in [0.1, 0.15) is 0 Å². The molecule has 0 radical (unpaired) electrons. The van der Waals surface area contributed by atoms with Gasteiger partial charge in [-0.05, 0) is 51.0 Å². The van der Waals surface area contributed by atoms with E-state index in [1.807, 2.05) is 12.4 Å². The summed E-state index contributed by atoms with van der Waals surface area (Å²) in [7, 11) is 0. The van der Waals surface area contributed by atoms with Crippen molar-refractivity contribution in [2.45, 2.75) is 33.7 Å². The highest BCUT2D eigenvalue weighted by molar-refractivity contribution is 5.56. The van der Waals surface area contributed by atoms with Gasteiger partial charge in [-0.1, -0.05) is 6.07 Å². The molecule has 3 nitrogen and oxygen atoms in total. The van der Waals surface area contributed by atoms with E-state index < -0.39 is 0 Å². The van der Waals surface area contributed by atoms with E-state index in [4.69, 9.17) is 0 Å². The van der Waals surface area contributed by atoms with Crippen LogP contribution in [-0.4, -0.2) is 9.55 Å². The van der Waals surface area contributed by atoms with E-state index in [1.165, 1.54) is 11.1 Å². The van der Waals surface area contributed by atoms with Gasteiger partial charge >= 0.3 is 0 Å². The van der Waals surface area contributed by atoms with Crippen LogP contribution in [0.3, 0.4) is 0 Å². The Kier molecular flexibility index (Phi) is 3.18. The van der Waals surface area contributed by atoms with Crippen molar-refractivity contribution in [3.05, 3.63) is 41.7 Å². The first kappa shape index (κ1) is 11.7. The van der Waals surface area contributed by atoms with Crippen molar-refractivity contribution in [1.29, 1.82) is 0 Å². The minimum Gasteiger partial charge on any atom is -0.326 e. The molecule has 3 heteroatoms. The Bertz CT molecular complexity index is 492. The molecule has 1 aromatic heterocycles. The fraction of sp³-hybridized carbons (Fsp3) is 0.357. The Labute approximate surface area is 103 Å². The minimum atomic E-state index is 0.408. The van der Waals surface area contributed by atoms with Crippen molar-refractivity contribution in [1.82, 2.24) is 9.55 Å². The summed E-state index contributed by atoms with van der Waals surface area (Å²) >= 11 is 0. The molecular weight excluding hydrogens is 210 g/mol. The summed E-state index contributed by atoms with van der Waals surface area (Å²) in [5.74, 6) is 0.894. The molecule has 1 N–H and O–H groups in total. The SMILES string of the molecule is Cc1cc(C)cc(Nc2nccn2C(C)C)c1. The fourth-order valence-corrected chi connectivity index (χ4v) is 2.00. The molecule has 1 heterocycles.